The number of fused-ring (bicyclic) bond motifs is 2. The molecule has 12 heterocycles. The number of amides is 7. The highest BCUT2D eigenvalue weighted by Gasteiger charge is 2.34. The second kappa shape index (κ2) is 47.9. The Bertz CT molecular complexity index is 5720. The number of benzene rings is 4. The van der Waals surface area contributed by atoms with Gasteiger partial charge >= 0.3 is 5.97 Å². The van der Waals surface area contributed by atoms with Crippen LogP contribution >= 0.6 is 0 Å². The summed E-state index contributed by atoms with van der Waals surface area (Å²) in [4.78, 5) is 148. The van der Waals surface area contributed by atoms with Crippen molar-refractivity contribution in [3.63, 3.8) is 0 Å². The molecule has 16 rings (SSSR count). The van der Waals surface area contributed by atoms with Crippen molar-refractivity contribution in [2.75, 3.05) is 188 Å². The van der Waals surface area contributed by atoms with E-state index in [1.54, 1.807) is 48.7 Å². The number of rotatable bonds is 40. The van der Waals surface area contributed by atoms with Crippen molar-refractivity contribution in [2.24, 2.45) is 0 Å². The number of hydrogen-bond acceptors (Lipinski definition) is 29. The van der Waals surface area contributed by atoms with Crippen LogP contribution in [0.4, 0.5) is 43.4 Å². The van der Waals surface area contributed by atoms with Gasteiger partial charge in [-0.1, -0.05) is 36.4 Å². The third-order valence-corrected chi connectivity index (χ3v) is 23.1. The van der Waals surface area contributed by atoms with Crippen LogP contribution in [-0.2, 0) is 57.2 Å². The first kappa shape index (κ1) is 95.4. The van der Waals surface area contributed by atoms with Gasteiger partial charge in [-0.05, 0) is 159 Å². The third kappa shape index (κ3) is 26.4. The van der Waals surface area contributed by atoms with Crippen molar-refractivity contribution in [1.82, 2.24) is 70.6 Å². The number of carboxylic acid groups (broad SMARTS) is 1. The molecule has 6 saturated heterocycles. The van der Waals surface area contributed by atoms with Crippen molar-refractivity contribution in [3.05, 3.63) is 203 Å². The minimum Gasteiger partial charge on any atom is -0.481 e. The molecule has 700 valence electrons. The van der Waals surface area contributed by atoms with Crippen LogP contribution in [0.3, 0.4) is 0 Å². The van der Waals surface area contributed by atoms with Crippen LogP contribution in [0.2, 0.25) is 0 Å². The number of carbonyl (C=O) groups excluding carboxylic acids is 9. The largest absolute Gasteiger partial charge is 0.481 e. The average molecular weight is 1830 g/mol. The van der Waals surface area contributed by atoms with Gasteiger partial charge in [-0.15, -0.1) is 10.2 Å². The van der Waals surface area contributed by atoms with Crippen molar-refractivity contribution >= 4 is 106 Å². The first-order valence-electron chi connectivity index (χ1n) is 44.7. The summed E-state index contributed by atoms with van der Waals surface area (Å²) in [6.45, 7) is 12.9. The molecule has 0 bridgehead atoms. The van der Waals surface area contributed by atoms with Gasteiger partial charge < -0.3 is 84.6 Å². The number of piperidine rings is 2. The first-order chi connectivity index (χ1) is 64.9. The summed E-state index contributed by atoms with van der Waals surface area (Å²) < 4.78 is 64.4. The number of nitrogens with one attached hydrogen (secondary N) is 7. The Morgan fingerprint density at radius 2 is 0.887 bits per heavy atom. The number of imidazole rings is 2. The maximum absolute atomic E-state index is 14.1. The van der Waals surface area contributed by atoms with E-state index >= 15 is 0 Å². The lowest BCUT2D eigenvalue weighted by Gasteiger charge is -2.35. The highest BCUT2D eigenvalue weighted by Crippen LogP contribution is 2.38. The van der Waals surface area contributed by atoms with Gasteiger partial charge in [-0.3, -0.25) is 58.6 Å². The Hall–Kier alpha value is -13.7. The zero-order chi connectivity index (χ0) is 92.8. The van der Waals surface area contributed by atoms with E-state index in [1.165, 1.54) is 30.3 Å². The van der Waals surface area contributed by atoms with Gasteiger partial charge in [0.05, 0.1) is 128 Å². The molecule has 8 N–H and O–H groups in total. The number of anilines is 6. The quantitative estimate of drug-likeness (QED) is 0.0105. The number of pyridine rings is 2. The molecule has 37 nitrogen and oxygen atoms in total. The van der Waals surface area contributed by atoms with Crippen LogP contribution in [0.5, 0.6) is 0 Å². The van der Waals surface area contributed by atoms with Gasteiger partial charge in [0, 0.05) is 125 Å². The lowest BCUT2D eigenvalue weighted by Crippen LogP contribution is -2.52. The molecule has 0 aliphatic carbocycles. The molecule has 6 fully saturated rings. The van der Waals surface area contributed by atoms with E-state index in [0.717, 1.165) is 128 Å². The fourth-order valence-corrected chi connectivity index (χ4v) is 16.3. The molecule has 39 heteroatoms. The average Bonchev–Trinajstić information content (AvgIpc) is 1.64. The molecular weight excluding hydrogens is 1720 g/mol. The van der Waals surface area contributed by atoms with Crippen molar-refractivity contribution in [1.29, 1.82) is 0 Å². The number of piperazine rings is 2. The molecular formula is C94H108F2N20O17. The Kier molecular flexibility index (Phi) is 34.4. The van der Waals surface area contributed by atoms with E-state index in [-0.39, 0.29) is 109 Å². The molecule has 133 heavy (non-hydrogen) atoms. The minimum absolute atomic E-state index is 0.0390. The number of nitrogens with zero attached hydrogens (tertiary/aromatic N) is 13. The second-order valence-corrected chi connectivity index (χ2v) is 32.1. The van der Waals surface area contributed by atoms with Gasteiger partial charge in [0.25, 0.3) is 11.8 Å². The van der Waals surface area contributed by atoms with Gasteiger partial charge in [0.1, 0.15) is 58.4 Å². The third-order valence-electron chi connectivity index (χ3n) is 23.1. The zero-order valence-electron chi connectivity index (χ0n) is 73.6. The number of halogens is 2. The molecule has 0 radical (unpaired) electrons. The summed E-state index contributed by atoms with van der Waals surface area (Å²) in [5, 5.41) is 37.5. The van der Waals surface area contributed by atoms with Crippen LogP contribution in [0.15, 0.2) is 158 Å². The number of aromatic nitrogens is 8. The Morgan fingerprint density at radius 1 is 0.459 bits per heavy atom. The highest BCUT2D eigenvalue weighted by atomic mass is 19.1. The molecule has 6 aliphatic rings. The van der Waals surface area contributed by atoms with Crippen molar-refractivity contribution < 1.29 is 90.3 Å². The number of aldehydes is 2. The number of carboxylic acids is 1. The van der Waals surface area contributed by atoms with Gasteiger partial charge in [0.2, 0.25) is 29.5 Å². The standard InChI is InChI=1S/C47H53FN10O8.C25H26FN7.C22H29N3O9/c48-34-5-1-4-32(28-34)39-7-3-17-57(39)43-13-12-41-50-30-40(58(41)54-43)37-6-2-8-42(51-37)55-18-20-56(21-19-55)45(61)15-22-64-24-26-66-27-25-65-23-16-49-35-9-10-36(33(29-35)31-59)46(62)52-38-11-14-44(60)53-47(38)63;26-19-5-1-4-18(16-19)21-7-3-13-32(21)25-10-9-23-28-17-22(33(23)30-25)20-6-2-8-24(29-20)31-14-11-27-12-15-31;26-14-15-13-16(23-6-8-33-10-12-34-11-9-32-7-5-20(28)29)1-2-17(15)21(30)24-18-3-4-19(27)25-22(18)31/h1-2,4-6,8-10,12-13,28-31,38-39,49H,3,7,11,14-27H2,(H,52,62)(H,53,60,63);1-2,4-6,8-10,16-17,21,27H,3,7,11-15H2;1-2,13-14,18,23H,3-12H2,(H,24,30)(H,28,29)(H,25,27,31)/t38?,39-;21-;/m11./s1. The van der Waals surface area contributed by atoms with Crippen LogP contribution in [0, 0.1) is 11.6 Å². The van der Waals surface area contributed by atoms with Crippen molar-refractivity contribution in [2.45, 2.75) is 88.4 Å². The van der Waals surface area contributed by atoms with Crippen LogP contribution < -0.4 is 56.8 Å². The van der Waals surface area contributed by atoms with Gasteiger partial charge in [-0.2, -0.15) is 0 Å². The number of ether oxygens (including phenoxy) is 6. The summed E-state index contributed by atoms with van der Waals surface area (Å²) >= 11 is 0. The Balaban J connectivity index is 0.000000177. The van der Waals surface area contributed by atoms with Crippen LogP contribution in [0.25, 0.3) is 34.1 Å². The maximum Gasteiger partial charge on any atom is 0.305 e. The first-order valence-corrected chi connectivity index (χ1v) is 44.7. The molecule has 7 amide bonds. The van der Waals surface area contributed by atoms with E-state index < -0.39 is 41.7 Å². The second-order valence-electron chi connectivity index (χ2n) is 32.1. The van der Waals surface area contributed by atoms with E-state index in [0.29, 0.717) is 142 Å². The summed E-state index contributed by atoms with van der Waals surface area (Å²) in [5.74, 6) is -0.881. The monoisotopic (exact) mass is 1830 g/mol. The number of hydrogen-bond donors (Lipinski definition) is 8. The van der Waals surface area contributed by atoms with Crippen LogP contribution in [0.1, 0.15) is 129 Å². The lowest BCUT2D eigenvalue weighted by atomic mass is 10.0. The smallest absolute Gasteiger partial charge is 0.305 e. The SMILES string of the molecule is Fc1cccc([C@H]2CCCN2c2ccc3ncc(-c4cccc(N5CCNCC5)n4)n3n2)c1.O=Cc1cc(NCCOCCOCCOCCC(=O)N2CCN(c3cccc(-c4cnc5ccc(N6CCC[C@@H]6c6cccc(F)c6)nn45)n3)CC2)ccc1C(=O)NC1CCC(=O)NC1=O.O=Cc1cc(NCCOCCOCCOCCC(=O)O)ccc1C(=O)NC1CCC(=O)NC1=O. The van der Waals surface area contributed by atoms with E-state index in [2.05, 4.69) is 72.9 Å². The fourth-order valence-electron chi connectivity index (χ4n) is 16.3. The number of aliphatic carboxylic acids is 1. The molecule has 0 spiro atoms. The molecule has 4 aromatic carbocycles. The number of carbonyl (C=O) groups is 10. The highest BCUT2D eigenvalue weighted by molar-refractivity contribution is 6.08. The summed E-state index contributed by atoms with van der Waals surface area (Å²) in [5.41, 5.74) is 8.48. The molecule has 6 aliphatic heterocycles. The molecule has 2 unspecified atom stereocenters. The van der Waals surface area contributed by atoms with Gasteiger partial charge in [-0.25, -0.2) is 37.7 Å². The van der Waals surface area contributed by atoms with Crippen LogP contribution in [-0.4, -0.2) is 279 Å². The Morgan fingerprint density at radius 3 is 1.32 bits per heavy atom. The van der Waals surface area contributed by atoms with Gasteiger partial charge in [0.15, 0.2) is 23.9 Å². The van der Waals surface area contributed by atoms with E-state index in [1.807, 2.05) is 86.9 Å². The zero-order valence-corrected chi connectivity index (χ0v) is 73.6. The summed E-state index contributed by atoms with van der Waals surface area (Å²) in [6, 6.07) is 41.5. The summed E-state index contributed by atoms with van der Waals surface area (Å²) in [7, 11) is 0. The Labute approximate surface area is 765 Å². The molecule has 0 saturated carbocycles. The van der Waals surface area contributed by atoms with Crippen molar-refractivity contribution in [3.8, 4) is 22.8 Å². The topological polar surface area (TPSA) is 433 Å². The molecule has 6 aromatic heterocycles. The summed E-state index contributed by atoms with van der Waals surface area (Å²) in [6.07, 6.45) is 9.60. The normalized spacial score (nSPS) is 17.4. The molecule has 10 aromatic rings. The van der Waals surface area contributed by atoms with E-state index in [4.69, 9.17) is 53.7 Å². The predicted octanol–water partition coefficient (Wildman–Crippen LogP) is 7.47. The predicted molar refractivity (Wildman–Crippen MR) is 487 cm³/mol. The minimum atomic E-state index is -0.906. The molecule has 4 atom stereocenters. The van der Waals surface area contributed by atoms with E-state index in [9.17, 15) is 56.7 Å². The maximum atomic E-state index is 14.1. The lowest BCUT2D eigenvalue weighted by molar-refractivity contribution is -0.138. The number of imide groups is 2. The fraction of sp³-hybridized carbons (Fsp3) is 0.404.